The summed E-state index contributed by atoms with van der Waals surface area (Å²) in [6.07, 6.45) is 3.28. The van der Waals surface area contributed by atoms with Crippen LogP contribution >= 0.6 is 11.6 Å². The van der Waals surface area contributed by atoms with Gasteiger partial charge in [-0.15, -0.1) is 0 Å². The smallest absolute Gasteiger partial charge is 0.223 e. The lowest BCUT2D eigenvalue weighted by molar-refractivity contribution is -0.132. The van der Waals surface area contributed by atoms with E-state index in [-0.39, 0.29) is 11.9 Å². The number of ether oxygens (including phenoxy) is 2. The van der Waals surface area contributed by atoms with Gasteiger partial charge in [0, 0.05) is 18.0 Å². The van der Waals surface area contributed by atoms with Crippen LogP contribution in [0.15, 0.2) is 42.5 Å². The summed E-state index contributed by atoms with van der Waals surface area (Å²) in [5.74, 6) is 1.78. The Bertz CT molecular complexity index is 790. The molecule has 1 saturated heterocycles. The maximum Gasteiger partial charge on any atom is 0.223 e. The number of rotatable bonds is 4. The van der Waals surface area contributed by atoms with E-state index >= 15 is 0 Å². The van der Waals surface area contributed by atoms with Crippen LogP contribution in [0, 0.1) is 0 Å². The summed E-state index contributed by atoms with van der Waals surface area (Å²) in [6, 6.07) is 13.9. The number of amides is 1. The van der Waals surface area contributed by atoms with Crippen molar-refractivity contribution in [3.63, 3.8) is 0 Å². The minimum atomic E-state index is 0.128. The molecule has 136 valence electrons. The molecular weight excluding hydrogens is 350 g/mol. The Morgan fingerprint density at radius 1 is 1.08 bits per heavy atom. The van der Waals surface area contributed by atoms with Gasteiger partial charge >= 0.3 is 0 Å². The first kappa shape index (κ1) is 17.2. The largest absolute Gasteiger partial charge is 0.486 e. The van der Waals surface area contributed by atoms with Crippen molar-refractivity contribution in [1.82, 2.24) is 4.90 Å². The van der Waals surface area contributed by atoms with Crippen molar-refractivity contribution in [2.24, 2.45) is 0 Å². The molecule has 2 aliphatic rings. The summed E-state index contributed by atoms with van der Waals surface area (Å²) in [4.78, 5) is 14.8. The summed E-state index contributed by atoms with van der Waals surface area (Å²) in [6.45, 7) is 1.98. The molecule has 0 aromatic heterocycles. The molecule has 1 atom stereocenters. The second-order valence-electron chi connectivity index (χ2n) is 6.77. The number of carbonyl (C=O) groups is 1. The fourth-order valence-corrected chi connectivity index (χ4v) is 3.85. The van der Waals surface area contributed by atoms with Crippen molar-refractivity contribution >= 4 is 17.5 Å². The number of aryl methyl sites for hydroxylation is 1. The van der Waals surface area contributed by atoms with E-state index in [9.17, 15) is 4.79 Å². The van der Waals surface area contributed by atoms with Crippen molar-refractivity contribution < 1.29 is 14.3 Å². The molecule has 26 heavy (non-hydrogen) atoms. The molecule has 0 spiro atoms. The molecule has 2 aliphatic heterocycles. The van der Waals surface area contributed by atoms with Crippen LogP contribution in [0.1, 0.15) is 36.4 Å². The molecule has 4 rings (SSSR count). The van der Waals surface area contributed by atoms with Gasteiger partial charge < -0.3 is 14.4 Å². The fraction of sp³-hybridized carbons (Fsp3) is 0.381. The molecule has 2 aromatic rings. The SMILES string of the molecule is O=C(CCc1ccc(Cl)cc1)N1CCCC1c1ccc2c(c1)OCCO2. The minimum Gasteiger partial charge on any atom is -0.486 e. The highest BCUT2D eigenvalue weighted by Gasteiger charge is 2.30. The van der Waals surface area contributed by atoms with E-state index in [0.29, 0.717) is 19.6 Å². The number of hydrogen-bond acceptors (Lipinski definition) is 3. The summed E-state index contributed by atoms with van der Waals surface area (Å²) in [5, 5.41) is 0.721. The van der Waals surface area contributed by atoms with Crippen molar-refractivity contribution in [2.45, 2.75) is 31.7 Å². The zero-order valence-corrected chi connectivity index (χ0v) is 15.4. The topological polar surface area (TPSA) is 38.8 Å². The summed E-state index contributed by atoms with van der Waals surface area (Å²) < 4.78 is 11.3. The van der Waals surface area contributed by atoms with Crippen LogP contribution in [0.5, 0.6) is 11.5 Å². The number of carbonyl (C=O) groups excluding carboxylic acids is 1. The predicted molar refractivity (Wildman–Crippen MR) is 101 cm³/mol. The van der Waals surface area contributed by atoms with Crippen LogP contribution in [0.3, 0.4) is 0 Å². The molecule has 0 aliphatic carbocycles. The Balaban J connectivity index is 1.44. The molecule has 2 aromatic carbocycles. The van der Waals surface area contributed by atoms with Gasteiger partial charge in [-0.05, 0) is 54.7 Å². The number of benzene rings is 2. The Kier molecular flexibility index (Phi) is 5.02. The highest BCUT2D eigenvalue weighted by Crippen LogP contribution is 2.38. The molecule has 0 saturated carbocycles. The maximum absolute atomic E-state index is 12.8. The van der Waals surface area contributed by atoms with Crippen LogP contribution < -0.4 is 9.47 Å². The van der Waals surface area contributed by atoms with E-state index in [1.807, 2.05) is 41.3 Å². The molecule has 0 radical (unpaired) electrons. The van der Waals surface area contributed by atoms with Crippen molar-refractivity contribution in [3.05, 3.63) is 58.6 Å². The number of nitrogens with zero attached hydrogens (tertiary/aromatic N) is 1. The zero-order valence-electron chi connectivity index (χ0n) is 14.6. The van der Waals surface area contributed by atoms with E-state index in [1.165, 1.54) is 0 Å². The minimum absolute atomic E-state index is 0.128. The standard InChI is InChI=1S/C21H22ClNO3/c22-17-7-3-15(4-8-17)5-10-21(24)23-11-1-2-18(23)16-6-9-19-20(14-16)26-13-12-25-19/h3-4,6-9,14,18H,1-2,5,10-13H2. The molecular formula is C21H22ClNO3. The molecule has 4 nitrogen and oxygen atoms in total. The van der Waals surface area contributed by atoms with Gasteiger partial charge in [-0.3, -0.25) is 4.79 Å². The Morgan fingerprint density at radius 2 is 1.85 bits per heavy atom. The number of likely N-dealkylation sites (tertiary alicyclic amines) is 1. The average Bonchev–Trinajstić information content (AvgIpc) is 3.17. The van der Waals surface area contributed by atoms with Gasteiger partial charge in [0.2, 0.25) is 5.91 Å². The average molecular weight is 372 g/mol. The lowest BCUT2D eigenvalue weighted by atomic mass is 10.0. The highest BCUT2D eigenvalue weighted by molar-refractivity contribution is 6.30. The lowest BCUT2D eigenvalue weighted by Gasteiger charge is -2.27. The monoisotopic (exact) mass is 371 g/mol. The number of halogens is 1. The lowest BCUT2D eigenvalue weighted by Crippen LogP contribution is -2.30. The van der Waals surface area contributed by atoms with Gasteiger partial charge in [0.05, 0.1) is 6.04 Å². The maximum atomic E-state index is 12.8. The molecule has 5 heteroatoms. The van der Waals surface area contributed by atoms with E-state index < -0.39 is 0 Å². The third kappa shape index (κ3) is 3.65. The Morgan fingerprint density at radius 3 is 2.65 bits per heavy atom. The molecule has 0 N–H and O–H groups in total. The number of fused-ring (bicyclic) bond motifs is 1. The summed E-state index contributed by atoms with van der Waals surface area (Å²) in [7, 11) is 0. The highest BCUT2D eigenvalue weighted by atomic mass is 35.5. The third-order valence-corrected chi connectivity index (χ3v) is 5.32. The predicted octanol–water partition coefficient (Wildman–Crippen LogP) is 4.41. The van der Waals surface area contributed by atoms with Gasteiger partial charge in [-0.1, -0.05) is 29.8 Å². The fourth-order valence-electron chi connectivity index (χ4n) is 3.72. The van der Waals surface area contributed by atoms with Crippen molar-refractivity contribution in [1.29, 1.82) is 0 Å². The van der Waals surface area contributed by atoms with Gasteiger partial charge in [0.25, 0.3) is 0 Å². The van der Waals surface area contributed by atoms with Gasteiger partial charge in [0.15, 0.2) is 11.5 Å². The Hall–Kier alpha value is -2.20. The van der Waals surface area contributed by atoms with Gasteiger partial charge in [-0.2, -0.15) is 0 Å². The first-order valence-electron chi connectivity index (χ1n) is 9.14. The molecule has 1 unspecified atom stereocenters. The van der Waals surface area contributed by atoms with E-state index in [1.54, 1.807) is 0 Å². The van der Waals surface area contributed by atoms with E-state index in [4.69, 9.17) is 21.1 Å². The molecule has 1 amide bonds. The second-order valence-corrected chi connectivity index (χ2v) is 7.21. The van der Waals surface area contributed by atoms with Crippen LogP contribution in [-0.2, 0) is 11.2 Å². The summed E-state index contributed by atoms with van der Waals surface area (Å²) in [5.41, 5.74) is 2.27. The van der Waals surface area contributed by atoms with Crippen LogP contribution in [-0.4, -0.2) is 30.6 Å². The first-order chi connectivity index (χ1) is 12.7. The molecule has 0 bridgehead atoms. The normalized spacial score (nSPS) is 18.8. The second kappa shape index (κ2) is 7.58. The van der Waals surface area contributed by atoms with Crippen LogP contribution in [0.25, 0.3) is 0 Å². The van der Waals surface area contributed by atoms with Gasteiger partial charge in [-0.25, -0.2) is 0 Å². The molecule has 1 fully saturated rings. The number of hydrogen-bond donors (Lipinski definition) is 0. The van der Waals surface area contributed by atoms with E-state index in [0.717, 1.165) is 53.5 Å². The van der Waals surface area contributed by atoms with Gasteiger partial charge in [0.1, 0.15) is 13.2 Å². The Labute approximate surface area is 158 Å². The zero-order chi connectivity index (χ0) is 17.9. The third-order valence-electron chi connectivity index (χ3n) is 5.06. The van der Waals surface area contributed by atoms with Crippen LogP contribution in [0.2, 0.25) is 5.02 Å². The van der Waals surface area contributed by atoms with Crippen molar-refractivity contribution in [2.75, 3.05) is 19.8 Å². The molecule has 2 heterocycles. The first-order valence-corrected chi connectivity index (χ1v) is 9.52. The summed E-state index contributed by atoms with van der Waals surface area (Å²) >= 11 is 5.92. The van der Waals surface area contributed by atoms with Crippen molar-refractivity contribution in [3.8, 4) is 11.5 Å². The quantitative estimate of drug-likeness (QED) is 0.799. The van der Waals surface area contributed by atoms with Crippen LogP contribution in [0.4, 0.5) is 0 Å². The van der Waals surface area contributed by atoms with E-state index in [2.05, 4.69) is 6.07 Å².